The number of halogens is 1. The van der Waals surface area contributed by atoms with E-state index in [0.29, 0.717) is 24.3 Å². The molecule has 0 saturated heterocycles. The number of aliphatic hydroxyl groups excluding tert-OH is 1. The van der Waals surface area contributed by atoms with E-state index in [9.17, 15) is 9.90 Å². The molecule has 0 aliphatic carbocycles. The maximum atomic E-state index is 13.1. The van der Waals surface area contributed by atoms with Gasteiger partial charge in [0.2, 0.25) is 0 Å². The number of hydrogen-bond donors (Lipinski definition) is 1. The van der Waals surface area contributed by atoms with Crippen molar-refractivity contribution < 1.29 is 14.6 Å². The van der Waals surface area contributed by atoms with Gasteiger partial charge in [-0.25, -0.2) is 0 Å². The molecule has 1 N–H and O–H groups in total. The van der Waals surface area contributed by atoms with Gasteiger partial charge >= 0.3 is 0 Å². The summed E-state index contributed by atoms with van der Waals surface area (Å²) < 4.78 is 7.22. The molecule has 0 fully saturated rings. The maximum absolute atomic E-state index is 13.1. The predicted octanol–water partition coefficient (Wildman–Crippen LogP) is 3.51. The molecule has 2 atom stereocenters. The van der Waals surface area contributed by atoms with Gasteiger partial charge < -0.3 is 14.7 Å². The van der Waals surface area contributed by atoms with Crippen LogP contribution in [0.4, 0.5) is 0 Å². The Bertz CT molecular complexity index is 735. The normalized spacial score (nSPS) is 18.3. The zero-order valence-electron chi connectivity index (χ0n) is 14.2. The highest BCUT2D eigenvalue weighted by atomic mass is 127. The summed E-state index contributed by atoms with van der Waals surface area (Å²) in [7, 11) is 0. The lowest BCUT2D eigenvalue weighted by molar-refractivity contribution is 0.0599. The van der Waals surface area contributed by atoms with Crippen molar-refractivity contribution in [3.8, 4) is 5.75 Å². The SMILES string of the molecule is CC(CCO)N1CC(Cc2ccccc2)Oc2ccc(I)cc2C1=O. The Labute approximate surface area is 161 Å². The molecule has 0 aromatic heterocycles. The zero-order chi connectivity index (χ0) is 17.8. The van der Waals surface area contributed by atoms with E-state index in [2.05, 4.69) is 34.7 Å². The molecule has 3 rings (SSSR count). The molecule has 0 spiro atoms. The summed E-state index contributed by atoms with van der Waals surface area (Å²) in [6.07, 6.45) is 1.18. The van der Waals surface area contributed by atoms with Gasteiger partial charge in [-0.3, -0.25) is 4.79 Å². The first-order valence-electron chi connectivity index (χ1n) is 8.50. The second-order valence-electron chi connectivity index (χ2n) is 6.39. The van der Waals surface area contributed by atoms with Crippen molar-refractivity contribution >= 4 is 28.5 Å². The Morgan fingerprint density at radius 3 is 2.76 bits per heavy atom. The third-order valence-electron chi connectivity index (χ3n) is 4.51. The van der Waals surface area contributed by atoms with Gasteiger partial charge in [-0.05, 0) is 59.7 Å². The fraction of sp³-hybridized carbons (Fsp3) is 0.350. The van der Waals surface area contributed by atoms with E-state index in [1.807, 2.05) is 48.2 Å². The smallest absolute Gasteiger partial charge is 0.258 e. The van der Waals surface area contributed by atoms with Crippen LogP contribution in [0.25, 0.3) is 0 Å². The van der Waals surface area contributed by atoms with Crippen LogP contribution in [0.5, 0.6) is 5.75 Å². The molecular weight excluding hydrogens is 429 g/mol. The van der Waals surface area contributed by atoms with Gasteiger partial charge in [0, 0.05) is 22.6 Å². The molecule has 1 heterocycles. The molecule has 2 aromatic carbocycles. The Balaban J connectivity index is 1.93. The Hall–Kier alpha value is -1.60. The summed E-state index contributed by atoms with van der Waals surface area (Å²) in [4.78, 5) is 14.9. The van der Waals surface area contributed by atoms with E-state index in [4.69, 9.17) is 4.74 Å². The summed E-state index contributed by atoms with van der Waals surface area (Å²) in [5.41, 5.74) is 1.79. The number of benzene rings is 2. The minimum atomic E-state index is -0.117. The minimum Gasteiger partial charge on any atom is -0.487 e. The molecule has 25 heavy (non-hydrogen) atoms. The van der Waals surface area contributed by atoms with Gasteiger partial charge in [-0.2, -0.15) is 0 Å². The van der Waals surface area contributed by atoms with Crippen LogP contribution in [-0.4, -0.2) is 41.2 Å². The summed E-state index contributed by atoms with van der Waals surface area (Å²) in [5.74, 6) is 0.620. The van der Waals surface area contributed by atoms with Crippen molar-refractivity contribution in [3.63, 3.8) is 0 Å². The monoisotopic (exact) mass is 451 g/mol. The van der Waals surface area contributed by atoms with E-state index in [1.165, 1.54) is 5.56 Å². The average molecular weight is 451 g/mol. The highest BCUT2D eigenvalue weighted by Gasteiger charge is 2.31. The van der Waals surface area contributed by atoms with Crippen molar-refractivity contribution in [2.45, 2.75) is 31.9 Å². The molecule has 4 nitrogen and oxygen atoms in total. The van der Waals surface area contributed by atoms with Crippen molar-refractivity contribution in [2.24, 2.45) is 0 Å². The zero-order valence-corrected chi connectivity index (χ0v) is 16.3. The molecule has 1 aliphatic rings. The number of aliphatic hydroxyl groups is 1. The van der Waals surface area contributed by atoms with E-state index in [0.717, 1.165) is 9.99 Å². The molecule has 0 radical (unpaired) electrons. The molecule has 5 heteroatoms. The lowest BCUT2D eigenvalue weighted by Crippen LogP contribution is -2.43. The number of ether oxygens (including phenoxy) is 1. The highest BCUT2D eigenvalue weighted by Crippen LogP contribution is 2.29. The number of rotatable bonds is 5. The molecule has 1 aliphatic heterocycles. The second kappa shape index (κ2) is 8.19. The Morgan fingerprint density at radius 1 is 1.28 bits per heavy atom. The van der Waals surface area contributed by atoms with Crippen LogP contribution in [0.15, 0.2) is 48.5 Å². The number of carbonyl (C=O) groups excluding carboxylic acids is 1. The van der Waals surface area contributed by atoms with Crippen LogP contribution < -0.4 is 4.74 Å². The number of amides is 1. The van der Waals surface area contributed by atoms with Crippen LogP contribution in [0, 0.1) is 3.57 Å². The first-order valence-corrected chi connectivity index (χ1v) is 9.58. The maximum Gasteiger partial charge on any atom is 0.258 e. The molecule has 2 unspecified atom stereocenters. The van der Waals surface area contributed by atoms with Gasteiger partial charge in [0.15, 0.2) is 0 Å². The lowest BCUT2D eigenvalue weighted by atomic mass is 10.1. The molecule has 132 valence electrons. The van der Waals surface area contributed by atoms with Crippen LogP contribution in [0.1, 0.15) is 29.3 Å². The van der Waals surface area contributed by atoms with Crippen molar-refractivity contribution in [2.75, 3.05) is 13.2 Å². The lowest BCUT2D eigenvalue weighted by Gasteiger charge is -2.29. The molecular formula is C20H22INO3. The summed E-state index contributed by atoms with van der Waals surface area (Å²) in [5, 5.41) is 9.29. The van der Waals surface area contributed by atoms with Crippen LogP contribution in [0.2, 0.25) is 0 Å². The van der Waals surface area contributed by atoms with Gasteiger partial charge in [0.25, 0.3) is 5.91 Å². The Kier molecular flexibility index (Phi) is 5.96. The van der Waals surface area contributed by atoms with Crippen molar-refractivity contribution in [1.29, 1.82) is 0 Å². The van der Waals surface area contributed by atoms with E-state index < -0.39 is 0 Å². The highest BCUT2D eigenvalue weighted by molar-refractivity contribution is 14.1. The molecule has 0 saturated carbocycles. The summed E-state index contributed by atoms with van der Waals surface area (Å²) in [6.45, 7) is 2.56. The van der Waals surface area contributed by atoms with E-state index >= 15 is 0 Å². The van der Waals surface area contributed by atoms with E-state index in [-0.39, 0.29) is 24.7 Å². The standard InChI is InChI=1S/C20H22INO3/c1-14(9-10-23)22-13-17(11-15-5-3-2-4-6-15)25-19-8-7-16(21)12-18(19)20(22)24/h2-8,12,14,17,23H,9-11,13H2,1H3. The minimum absolute atomic E-state index is 0.0231. The van der Waals surface area contributed by atoms with Crippen LogP contribution >= 0.6 is 22.6 Å². The van der Waals surface area contributed by atoms with Gasteiger partial charge in [-0.15, -0.1) is 0 Å². The molecule has 1 amide bonds. The predicted molar refractivity (Wildman–Crippen MR) is 106 cm³/mol. The third kappa shape index (κ3) is 4.33. The fourth-order valence-electron chi connectivity index (χ4n) is 3.15. The average Bonchev–Trinajstić information content (AvgIpc) is 2.73. The van der Waals surface area contributed by atoms with Crippen molar-refractivity contribution in [3.05, 3.63) is 63.2 Å². The molecule has 2 aromatic rings. The summed E-state index contributed by atoms with van der Waals surface area (Å²) in [6, 6.07) is 15.9. The van der Waals surface area contributed by atoms with Crippen LogP contribution in [-0.2, 0) is 6.42 Å². The number of nitrogens with zero attached hydrogens (tertiary/aromatic N) is 1. The molecule has 0 bridgehead atoms. The topological polar surface area (TPSA) is 49.8 Å². The Morgan fingerprint density at radius 2 is 2.04 bits per heavy atom. The number of carbonyl (C=O) groups is 1. The quantitative estimate of drug-likeness (QED) is 0.709. The van der Waals surface area contributed by atoms with E-state index in [1.54, 1.807) is 0 Å². The third-order valence-corrected chi connectivity index (χ3v) is 5.18. The number of fused-ring (bicyclic) bond motifs is 1. The number of hydrogen-bond acceptors (Lipinski definition) is 3. The van der Waals surface area contributed by atoms with Gasteiger partial charge in [-0.1, -0.05) is 30.3 Å². The van der Waals surface area contributed by atoms with Crippen LogP contribution in [0.3, 0.4) is 0 Å². The van der Waals surface area contributed by atoms with Gasteiger partial charge in [0.05, 0.1) is 12.1 Å². The largest absolute Gasteiger partial charge is 0.487 e. The first-order chi connectivity index (χ1) is 12.1. The fourth-order valence-corrected chi connectivity index (χ4v) is 3.64. The first kappa shape index (κ1) is 18.2. The van der Waals surface area contributed by atoms with Crippen molar-refractivity contribution in [1.82, 2.24) is 4.90 Å². The second-order valence-corrected chi connectivity index (χ2v) is 7.63. The summed E-state index contributed by atoms with van der Waals surface area (Å²) >= 11 is 2.21. The van der Waals surface area contributed by atoms with Gasteiger partial charge in [0.1, 0.15) is 11.9 Å².